The molecule has 7 heteroatoms. The van der Waals surface area contributed by atoms with Gasteiger partial charge in [0.2, 0.25) is 5.91 Å². The third-order valence-electron chi connectivity index (χ3n) is 6.32. The molecule has 0 atom stereocenters. The molecule has 0 radical (unpaired) electrons. The van der Waals surface area contributed by atoms with Crippen LogP contribution in [0, 0.1) is 5.92 Å². The van der Waals surface area contributed by atoms with Crippen LogP contribution in [0.4, 0.5) is 0 Å². The number of rotatable bonds is 5. The van der Waals surface area contributed by atoms with E-state index in [2.05, 4.69) is 36.1 Å². The number of imidazole rings is 1. The fourth-order valence-corrected chi connectivity index (χ4v) is 4.21. The van der Waals surface area contributed by atoms with Crippen LogP contribution in [0.3, 0.4) is 0 Å². The minimum atomic E-state index is -0.0956. The van der Waals surface area contributed by atoms with Crippen LogP contribution in [0.1, 0.15) is 55.4 Å². The smallest absolute Gasteiger partial charge is 0.253 e. The van der Waals surface area contributed by atoms with Crippen LogP contribution in [-0.4, -0.2) is 46.9 Å². The molecule has 0 unspecified atom stereocenters. The molecule has 3 aromatic rings. The molecule has 1 aromatic heterocycles. The van der Waals surface area contributed by atoms with E-state index in [9.17, 15) is 9.59 Å². The Morgan fingerprint density at radius 3 is 2.45 bits per heavy atom. The quantitative estimate of drug-likeness (QED) is 0.617. The van der Waals surface area contributed by atoms with Crippen LogP contribution in [0.5, 0.6) is 5.75 Å². The number of ether oxygens (including phenoxy) is 1. The topological polar surface area (TPSA) is 87.3 Å². The summed E-state index contributed by atoms with van der Waals surface area (Å²) in [5, 5.41) is 2.99. The van der Waals surface area contributed by atoms with Gasteiger partial charge in [0.05, 0.1) is 24.7 Å². The maximum absolute atomic E-state index is 12.9. The first-order valence-electron chi connectivity index (χ1n) is 11.4. The molecule has 0 spiro atoms. The Labute approximate surface area is 194 Å². The second kappa shape index (κ2) is 9.25. The lowest BCUT2D eigenvalue weighted by Gasteiger charge is -2.31. The van der Waals surface area contributed by atoms with Gasteiger partial charge in [0.1, 0.15) is 11.6 Å². The van der Waals surface area contributed by atoms with Crippen LogP contribution >= 0.6 is 0 Å². The van der Waals surface area contributed by atoms with Crippen LogP contribution < -0.4 is 10.1 Å². The number of nitrogens with zero attached hydrogens (tertiary/aromatic N) is 2. The summed E-state index contributed by atoms with van der Waals surface area (Å²) in [4.78, 5) is 35.2. The highest BCUT2D eigenvalue weighted by Gasteiger charge is 2.28. The van der Waals surface area contributed by atoms with Crippen molar-refractivity contribution in [1.82, 2.24) is 20.2 Å². The van der Waals surface area contributed by atoms with Gasteiger partial charge in [-0.25, -0.2) is 4.98 Å². The van der Waals surface area contributed by atoms with Gasteiger partial charge >= 0.3 is 0 Å². The highest BCUT2D eigenvalue weighted by atomic mass is 16.5. The van der Waals surface area contributed by atoms with Crippen LogP contribution in [0.15, 0.2) is 42.5 Å². The Morgan fingerprint density at radius 1 is 1.12 bits per heavy atom. The summed E-state index contributed by atoms with van der Waals surface area (Å²) < 4.78 is 5.24. The number of piperidine rings is 1. The molecule has 1 saturated heterocycles. The number of carbonyl (C=O) groups is 2. The van der Waals surface area contributed by atoms with E-state index in [0.29, 0.717) is 43.9 Å². The maximum Gasteiger partial charge on any atom is 0.253 e. The van der Waals surface area contributed by atoms with Gasteiger partial charge in [-0.05, 0) is 48.1 Å². The predicted octanol–water partition coefficient (Wildman–Crippen LogP) is 4.04. The maximum atomic E-state index is 12.9. The molecular weight excluding hydrogens is 416 g/mol. The average molecular weight is 449 g/mol. The van der Waals surface area contributed by atoms with E-state index in [4.69, 9.17) is 4.74 Å². The molecule has 2 aromatic carbocycles. The largest absolute Gasteiger partial charge is 0.497 e. The molecule has 2 amide bonds. The van der Waals surface area contributed by atoms with Gasteiger partial charge in [0.15, 0.2) is 0 Å². The number of carbonyl (C=O) groups excluding carboxylic acids is 2. The van der Waals surface area contributed by atoms with Crippen molar-refractivity contribution < 1.29 is 14.3 Å². The molecule has 0 saturated carbocycles. The number of likely N-dealkylation sites (tertiary alicyclic amines) is 1. The summed E-state index contributed by atoms with van der Waals surface area (Å²) in [6.07, 6.45) is 1.32. The number of hydrogen-bond donors (Lipinski definition) is 2. The van der Waals surface area contributed by atoms with E-state index in [1.54, 1.807) is 7.11 Å². The molecule has 2 heterocycles. The normalized spacial score (nSPS) is 15.0. The van der Waals surface area contributed by atoms with Crippen LogP contribution in [0.25, 0.3) is 11.0 Å². The number of benzene rings is 2. The van der Waals surface area contributed by atoms with E-state index in [1.807, 2.05) is 47.4 Å². The second-order valence-electron chi connectivity index (χ2n) is 9.68. The Balaban J connectivity index is 1.28. The SMILES string of the molecule is COc1ccc2nc(CNC(=O)C3CCN(C(=O)c4ccc(C(C)(C)C)cc4)CC3)[nH]c2c1. The van der Waals surface area contributed by atoms with Crippen LogP contribution in [-0.2, 0) is 16.8 Å². The van der Waals surface area contributed by atoms with Gasteiger partial charge in [0.25, 0.3) is 5.91 Å². The van der Waals surface area contributed by atoms with Crippen LogP contribution in [0.2, 0.25) is 0 Å². The van der Waals surface area contributed by atoms with Gasteiger partial charge < -0.3 is 19.9 Å². The summed E-state index contributed by atoms with van der Waals surface area (Å²) in [6, 6.07) is 13.5. The fourth-order valence-electron chi connectivity index (χ4n) is 4.21. The van der Waals surface area contributed by atoms with Gasteiger partial charge in [-0.3, -0.25) is 9.59 Å². The number of fused-ring (bicyclic) bond motifs is 1. The van der Waals surface area contributed by atoms with E-state index in [0.717, 1.165) is 16.8 Å². The first-order chi connectivity index (χ1) is 15.7. The van der Waals surface area contributed by atoms with E-state index >= 15 is 0 Å². The number of amides is 2. The zero-order valence-corrected chi connectivity index (χ0v) is 19.8. The molecule has 4 rings (SSSR count). The average Bonchev–Trinajstić information content (AvgIpc) is 3.23. The molecule has 0 aliphatic carbocycles. The lowest BCUT2D eigenvalue weighted by Crippen LogP contribution is -2.43. The van der Waals surface area contributed by atoms with Gasteiger partial charge in [0, 0.05) is 30.6 Å². The van der Waals surface area contributed by atoms with Crippen molar-refractivity contribution in [2.45, 2.75) is 45.6 Å². The molecule has 174 valence electrons. The Bertz CT molecular complexity index is 1140. The Morgan fingerprint density at radius 2 is 1.82 bits per heavy atom. The standard InChI is InChI=1S/C26H32N4O3/c1-26(2,3)19-7-5-18(6-8-19)25(32)30-13-11-17(12-14-30)24(31)27-16-23-28-21-10-9-20(33-4)15-22(21)29-23/h5-10,15,17H,11-14,16H2,1-4H3,(H,27,31)(H,28,29). The minimum Gasteiger partial charge on any atom is -0.497 e. The summed E-state index contributed by atoms with van der Waals surface area (Å²) >= 11 is 0. The number of aromatic nitrogens is 2. The molecule has 33 heavy (non-hydrogen) atoms. The van der Waals surface area contributed by atoms with Crippen molar-refractivity contribution >= 4 is 22.8 Å². The third-order valence-corrected chi connectivity index (χ3v) is 6.32. The highest BCUT2D eigenvalue weighted by molar-refractivity contribution is 5.94. The summed E-state index contributed by atoms with van der Waals surface area (Å²) in [5.41, 5.74) is 3.68. The van der Waals surface area contributed by atoms with E-state index < -0.39 is 0 Å². The van der Waals surface area contributed by atoms with Crippen molar-refractivity contribution in [3.63, 3.8) is 0 Å². The zero-order chi connectivity index (χ0) is 23.6. The molecule has 7 nitrogen and oxygen atoms in total. The van der Waals surface area contributed by atoms with Gasteiger partial charge in [-0.2, -0.15) is 0 Å². The number of methoxy groups -OCH3 is 1. The predicted molar refractivity (Wildman–Crippen MR) is 128 cm³/mol. The number of nitrogens with one attached hydrogen (secondary N) is 2. The van der Waals surface area contributed by atoms with E-state index in [-0.39, 0.29) is 23.1 Å². The van der Waals surface area contributed by atoms with Crippen molar-refractivity contribution in [3.05, 3.63) is 59.4 Å². The summed E-state index contributed by atoms with van der Waals surface area (Å²) in [7, 11) is 1.63. The molecule has 1 aliphatic heterocycles. The zero-order valence-electron chi connectivity index (χ0n) is 19.8. The Hall–Kier alpha value is -3.35. The summed E-state index contributed by atoms with van der Waals surface area (Å²) in [6.45, 7) is 7.99. The first-order valence-corrected chi connectivity index (χ1v) is 11.4. The van der Waals surface area contributed by atoms with Gasteiger partial charge in [-0.1, -0.05) is 32.9 Å². The monoisotopic (exact) mass is 448 g/mol. The van der Waals surface area contributed by atoms with Crippen molar-refractivity contribution in [1.29, 1.82) is 0 Å². The molecule has 1 aliphatic rings. The molecule has 0 bridgehead atoms. The second-order valence-corrected chi connectivity index (χ2v) is 9.68. The minimum absolute atomic E-state index is 0.00895. The molecule has 1 fully saturated rings. The first kappa shape index (κ1) is 22.8. The van der Waals surface area contributed by atoms with Crippen molar-refractivity contribution in [2.75, 3.05) is 20.2 Å². The molecule has 2 N–H and O–H groups in total. The lowest BCUT2D eigenvalue weighted by atomic mass is 9.86. The molecular formula is C26H32N4O3. The third kappa shape index (κ3) is 5.18. The number of H-pyrrole nitrogens is 1. The fraction of sp³-hybridized carbons (Fsp3) is 0.423. The van der Waals surface area contributed by atoms with E-state index in [1.165, 1.54) is 5.56 Å². The lowest BCUT2D eigenvalue weighted by molar-refractivity contribution is -0.126. The number of aromatic amines is 1. The van der Waals surface area contributed by atoms with Crippen molar-refractivity contribution in [3.8, 4) is 5.75 Å². The highest BCUT2D eigenvalue weighted by Crippen LogP contribution is 2.24. The Kier molecular flexibility index (Phi) is 6.40. The number of hydrogen-bond acceptors (Lipinski definition) is 4. The van der Waals surface area contributed by atoms with Gasteiger partial charge in [-0.15, -0.1) is 0 Å². The summed E-state index contributed by atoms with van der Waals surface area (Å²) in [5.74, 6) is 1.41. The van der Waals surface area contributed by atoms with Crippen molar-refractivity contribution in [2.24, 2.45) is 5.92 Å².